The lowest BCUT2D eigenvalue weighted by molar-refractivity contribution is 0.792. The fraction of sp³-hybridized carbons (Fsp3) is 0.615. The van der Waals surface area contributed by atoms with Gasteiger partial charge in [0.05, 0.1) is 11.4 Å². The molecular formula is C13H20N2. The Hall–Kier alpha value is -1.05. The van der Waals surface area contributed by atoms with E-state index in [0.29, 0.717) is 11.8 Å². The molecule has 82 valence electrons. The molecule has 1 aliphatic heterocycles. The molecule has 1 aliphatic rings. The van der Waals surface area contributed by atoms with Gasteiger partial charge in [0, 0.05) is 18.7 Å². The van der Waals surface area contributed by atoms with Crippen molar-refractivity contribution in [3.8, 4) is 0 Å². The van der Waals surface area contributed by atoms with Gasteiger partial charge in [0.1, 0.15) is 0 Å². The Kier molecular flexibility index (Phi) is 2.68. The van der Waals surface area contributed by atoms with Crippen LogP contribution in [0.4, 0.5) is 5.69 Å². The third-order valence-electron chi connectivity index (χ3n) is 3.02. The quantitative estimate of drug-likeness (QED) is 0.799. The lowest BCUT2D eigenvalue weighted by atomic mass is 9.97. The van der Waals surface area contributed by atoms with E-state index < -0.39 is 0 Å². The maximum absolute atomic E-state index is 4.73. The summed E-state index contributed by atoms with van der Waals surface area (Å²) in [5, 5.41) is 3.45. The van der Waals surface area contributed by atoms with Crippen LogP contribution in [0.1, 0.15) is 56.5 Å². The van der Waals surface area contributed by atoms with Crippen LogP contribution in [0.15, 0.2) is 6.07 Å². The summed E-state index contributed by atoms with van der Waals surface area (Å²) in [5.74, 6) is 1.10. The van der Waals surface area contributed by atoms with Gasteiger partial charge in [-0.15, -0.1) is 0 Å². The maximum atomic E-state index is 4.73. The number of rotatable bonds is 2. The number of anilines is 1. The number of fused-ring (bicyclic) bond motifs is 1. The largest absolute Gasteiger partial charge is 0.383 e. The molecule has 2 heteroatoms. The van der Waals surface area contributed by atoms with Crippen LogP contribution in [-0.4, -0.2) is 11.5 Å². The maximum Gasteiger partial charge on any atom is 0.0658 e. The highest BCUT2D eigenvalue weighted by Gasteiger charge is 2.19. The predicted molar refractivity (Wildman–Crippen MR) is 64.6 cm³/mol. The van der Waals surface area contributed by atoms with Gasteiger partial charge in [-0.2, -0.15) is 0 Å². The molecule has 0 fully saturated rings. The molecule has 0 saturated carbocycles. The summed E-state index contributed by atoms with van der Waals surface area (Å²) >= 11 is 0. The molecule has 1 aromatic heterocycles. The highest BCUT2D eigenvalue weighted by Crippen LogP contribution is 2.32. The van der Waals surface area contributed by atoms with Gasteiger partial charge in [-0.05, 0) is 23.5 Å². The first-order chi connectivity index (χ1) is 7.09. The summed E-state index contributed by atoms with van der Waals surface area (Å²) in [5.41, 5.74) is 5.24. The fourth-order valence-corrected chi connectivity index (χ4v) is 2.08. The van der Waals surface area contributed by atoms with E-state index in [1.807, 2.05) is 0 Å². The smallest absolute Gasteiger partial charge is 0.0658 e. The molecule has 15 heavy (non-hydrogen) atoms. The van der Waals surface area contributed by atoms with Gasteiger partial charge in [0.2, 0.25) is 0 Å². The molecule has 2 heterocycles. The highest BCUT2D eigenvalue weighted by atomic mass is 14.9. The molecule has 0 saturated heterocycles. The van der Waals surface area contributed by atoms with E-state index in [-0.39, 0.29) is 0 Å². The molecule has 0 spiro atoms. The minimum Gasteiger partial charge on any atom is -0.383 e. The molecule has 0 radical (unpaired) electrons. The van der Waals surface area contributed by atoms with Gasteiger partial charge >= 0.3 is 0 Å². The molecule has 1 aromatic rings. The Balaban J connectivity index is 2.52. The molecule has 0 atom stereocenters. The van der Waals surface area contributed by atoms with Gasteiger partial charge in [-0.1, -0.05) is 27.7 Å². The van der Waals surface area contributed by atoms with Gasteiger partial charge < -0.3 is 5.32 Å². The van der Waals surface area contributed by atoms with Gasteiger partial charge in [-0.25, -0.2) is 0 Å². The van der Waals surface area contributed by atoms with Crippen LogP contribution >= 0.6 is 0 Å². The second-order valence-electron chi connectivity index (χ2n) is 4.94. The van der Waals surface area contributed by atoms with Crippen LogP contribution in [0.25, 0.3) is 0 Å². The van der Waals surface area contributed by atoms with E-state index in [4.69, 9.17) is 4.98 Å². The number of aromatic nitrogens is 1. The number of hydrogen-bond acceptors (Lipinski definition) is 2. The Labute approximate surface area is 92.1 Å². The minimum atomic E-state index is 0.522. The topological polar surface area (TPSA) is 24.9 Å². The molecular weight excluding hydrogens is 184 g/mol. The van der Waals surface area contributed by atoms with Crippen molar-refractivity contribution in [2.24, 2.45) is 0 Å². The number of nitrogens with one attached hydrogen (secondary N) is 1. The van der Waals surface area contributed by atoms with Crippen LogP contribution < -0.4 is 5.32 Å². The third-order valence-corrected chi connectivity index (χ3v) is 3.02. The Bertz CT molecular complexity index is 367. The Morgan fingerprint density at radius 1 is 1.20 bits per heavy atom. The van der Waals surface area contributed by atoms with Crippen LogP contribution in [0.2, 0.25) is 0 Å². The molecule has 0 aliphatic carbocycles. The van der Waals surface area contributed by atoms with Crippen molar-refractivity contribution in [3.63, 3.8) is 0 Å². The van der Waals surface area contributed by atoms with Crippen molar-refractivity contribution in [1.82, 2.24) is 4.98 Å². The Morgan fingerprint density at radius 2 is 1.93 bits per heavy atom. The lowest BCUT2D eigenvalue weighted by Gasteiger charge is -2.15. The molecule has 0 aromatic carbocycles. The first-order valence-electron chi connectivity index (χ1n) is 5.87. The van der Waals surface area contributed by atoms with Crippen molar-refractivity contribution in [3.05, 3.63) is 23.0 Å². The number of pyridine rings is 1. The zero-order valence-electron chi connectivity index (χ0n) is 10.1. The minimum absolute atomic E-state index is 0.522. The van der Waals surface area contributed by atoms with Crippen molar-refractivity contribution in [2.75, 3.05) is 11.9 Å². The van der Waals surface area contributed by atoms with Crippen molar-refractivity contribution in [1.29, 1.82) is 0 Å². The summed E-state index contributed by atoms with van der Waals surface area (Å²) in [4.78, 5) is 4.73. The van der Waals surface area contributed by atoms with Gasteiger partial charge in [0.15, 0.2) is 0 Å². The summed E-state index contributed by atoms with van der Waals surface area (Å²) in [6.07, 6.45) is 1.08. The summed E-state index contributed by atoms with van der Waals surface area (Å²) in [7, 11) is 0. The van der Waals surface area contributed by atoms with E-state index in [9.17, 15) is 0 Å². The zero-order chi connectivity index (χ0) is 11.0. The molecule has 0 amide bonds. The van der Waals surface area contributed by atoms with E-state index in [2.05, 4.69) is 39.1 Å². The number of nitrogens with zero attached hydrogens (tertiary/aromatic N) is 1. The van der Waals surface area contributed by atoms with Crippen LogP contribution in [0, 0.1) is 0 Å². The van der Waals surface area contributed by atoms with E-state index in [1.165, 1.54) is 22.6 Å². The second-order valence-corrected chi connectivity index (χ2v) is 4.94. The van der Waals surface area contributed by atoms with E-state index in [0.717, 1.165) is 13.0 Å². The van der Waals surface area contributed by atoms with Crippen LogP contribution in [0.3, 0.4) is 0 Å². The van der Waals surface area contributed by atoms with Crippen molar-refractivity contribution >= 4 is 5.69 Å². The number of hydrogen-bond donors (Lipinski definition) is 1. The first-order valence-corrected chi connectivity index (χ1v) is 5.87. The molecule has 1 N–H and O–H groups in total. The molecule has 0 bridgehead atoms. The van der Waals surface area contributed by atoms with Crippen LogP contribution in [-0.2, 0) is 6.42 Å². The predicted octanol–water partition coefficient (Wildman–Crippen LogP) is 3.30. The third kappa shape index (κ3) is 1.85. The summed E-state index contributed by atoms with van der Waals surface area (Å²) < 4.78 is 0. The van der Waals surface area contributed by atoms with E-state index >= 15 is 0 Å². The average Bonchev–Trinajstić information content (AvgIpc) is 2.62. The van der Waals surface area contributed by atoms with Crippen LogP contribution in [0.5, 0.6) is 0 Å². The fourth-order valence-electron chi connectivity index (χ4n) is 2.08. The second kappa shape index (κ2) is 3.84. The molecule has 2 rings (SSSR count). The normalized spacial score (nSPS) is 14.5. The van der Waals surface area contributed by atoms with Gasteiger partial charge in [-0.3, -0.25) is 4.98 Å². The highest BCUT2D eigenvalue weighted by molar-refractivity contribution is 5.60. The first kappa shape index (κ1) is 10.5. The van der Waals surface area contributed by atoms with Crippen molar-refractivity contribution in [2.45, 2.75) is 46.0 Å². The monoisotopic (exact) mass is 204 g/mol. The zero-order valence-corrected chi connectivity index (χ0v) is 10.1. The summed E-state index contributed by atoms with van der Waals surface area (Å²) in [6.45, 7) is 9.96. The van der Waals surface area contributed by atoms with Crippen molar-refractivity contribution < 1.29 is 0 Å². The van der Waals surface area contributed by atoms with E-state index in [1.54, 1.807) is 0 Å². The Morgan fingerprint density at radius 3 is 2.53 bits per heavy atom. The summed E-state index contributed by atoms with van der Waals surface area (Å²) in [6, 6.07) is 2.27. The molecule has 0 unspecified atom stereocenters. The SMILES string of the molecule is CC(C)c1cc(C(C)C)c2c(n1)CCN2. The lowest BCUT2D eigenvalue weighted by Crippen LogP contribution is -2.02. The molecule has 2 nitrogen and oxygen atoms in total. The average molecular weight is 204 g/mol. The van der Waals surface area contributed by atoms with Gasteiger partial charge in [0.25, 0.3) is 0 Å². The standard InChI is InChI=1S/C13H20N2/c1-8(2)10-7-12(9(3)4)15-11-5-6-14-13(10)11/h7-9,14H,5-6H2,1-4H3.